The first-order chi connectivity index (χ1) is 19.3. The topological polar surface area (TPSA) is 63.5 Å². The van der Waals surface area contributed by atoms with Crippen LogP contribution in [0.4, 0.5) is 4.39 Å². The van der Waals surface area contributed by atoms with E-state index in [1.54, 1.807) is 36.9 Å². The van der Waals surface area contributed by atoms with Crippen molar-refractivity contribution < 1.29 is 19.0 Å². The summed E-state index contributed by atoms with van der Waals surface area (Å²) in [6.45, 7) is 10.4. The summed E-state index contributed by atoms with van der Waals surface area (Å²) in [7, 11) is 0. The van der Waals surface area contributed by atoms with Crippen molar-refractivity contribution in [3.8, 4) is 5.75 Å². The van der Waals surface area contributed by atoms with Crippen LogP contribution in [0.15, 0.2) is 59.5 Å². The predicted octanol–water partition coefficient (Wildman–Crippen LogP) is 7.31. The number of esters is 1. The molecule has 2 heterocycles. The van der Waals surface area contributed by atoms with Crippen molar-refractivity contribution in [1.29, 1.82) is 0 Å². The van der Waals surface area contributed by atoms with Gasteiger partial charge in [-0.25, -0.2) is 9.18 Å². The minimum Gasteiger partial charge on any atom is -0.507 e. The van der Waals surface area contributed by atoms with E-state index >= 15 is 0 Å². The Morgan fingerprint density at radius 2 is 1.82 bits per heavy atom. The Labute approximate surface area is 239 Å². The SMILES string of the molecule is CCOC(=O)c1c(CSc2c(C)cc(C)cc2C)n(Cc2ccc(F)cc2)c2cc(C3=CCNCC3)c(O)cc12. The number of carbonyl (C=O) groups is 1. The van der Waals surface area contributed by atoms with Gasteiger partial charge in [0.25, 0.3) is 0 Å². The first-order valence-electron chi connectivity index (χ1n) is 13.7. The van der Waals surface area contributed by atoms with Gasteiger partial charge in [0.2, 0.25) is 0 Å². The number of fused-ring (bicyclic) bond motifs is 1. The number of aromatic hydroxyl groups is 1. The summed E-state index contributed by atoms with van der Waals surface area (Å²) in [5.74, 6) is -0.0297. The first kappa shape index (κ1) is 28.0. The zero-order chi connectivity index (χ0) is 28.4. The molecule has 2 N–H and O–H groups in total. The van der Waals surface area contributed by atoms with Gasteiger partial charge in [-0.2, -0.15) is 0 Å². The van der Waals surface area contributed by atoms with E-state index in [1.165, 1.54) is 33.7 Å². The fourth-order valence-electron chi connectivity index (χ4n) is 5.63. The average molecular weight is 559 g/mol. The number of hydrogen-bond acceptors (Lipinski definition) is 5. The van der Waals surface area contributed by atoms with E-state index in [0.717, 1.165) is 47.4 Å². The van der Waals surface area contributed by atoms with E-state index in [0.29, 0.717) is 23.2 Å². The number of aromatic nitrogens is 1. The molecule has 3 aromatic carbocycles. The molecule has 40 heavy (non-hydrogen) atoms. The molecule has 0 atom stereocenters. The standard InChI is InChI=1S/C33H35FN2O3S/c1-5-39-33(38)31-27-17-30(37)26(24-10-12-35-13-11-24)16-28(27)36(18-23-6-8-25(34)9-7-23)29(31)19-40-32-21(3)14-20(2)15-22(32)4/h6-10,14-17,35,37H,5,11-13,18-19H2,1-4H3. The number of ether oxygens (including phenoxy) is 1. The summed E-state index contributed by atoms with van der Waals surface area (Å²) in [6.07, 6.45) is 2.90. The van der Waals surface area contributed by atoms with E-state index in [9.17, 15) is 14.3 Å². The van der Waals surface area contributed by atoms with E-state index in [1.807, 2.05) is 6.07 Å². The van der Waals surface area contributed by atoms with Gasteiger partial charge in [-0.3, -0.25) is 0 Å². The summed E-state index contributed by atoms with van der Waals surface area (Å²) < 4.78 is 21.4. The number of halogens is 1. The maximum Gasteiger partial charge on any atom is 0.340 e. The van der Waals surface area contributed by atoms with Crippen LogP contribution >= 0.6 is 11.8 Å². The number of rotatable bonds is 8. The molecule has 1 aliphatic heterocycles. The molecule has 5 nitrogen and oxygen atoms in total. The number of phenols is 1. The molecule has 0 spiro atoms. The maximum atomic E-state index is 13.8. The molecule has 1 aromatic heterocycles. The molecule has 0 aliphatic carbocycles. The molecule has 208 valence electrons. The second kappa shape index (κ2) is 11.9. The molecule has 0 fully saturated rings. The van der Waals surface area contributed by atoms with Gasteiger partial charge in [-0.05, 0) is 87.2 Å². The number of carbonyl (C=O) groups excluding carboxylic acids is 1. The zero-order valence-electron chi connectivity index (χ0n) is 23.4. The highest BCUT2D eigenvalue weighted by Crippen LogP contribution is 2.39. The van der Waals surface area contributed by atoms with Crippen LogP contribution in [0.1, 0.15) is 57.2 Å². The normalized spacial score (nSPS) is 13.5. The lowest BCUT2D eigenvalue weighted by atomic mass is 9.97. The van der Waals surface area contributed by atoms with Crippen LogP contribution in [-0.4, -0.2) is 35.3 Å². The lowest BCUT2D eigenvalue weighted by Gasteiger charge is -2.17. The zero-order valence-corrected chi connectivity index (χ0v) is 24.3. The largest absolute Gasteiger partial charge is 0.507 e. The molecular formula is C33H35FN2O3S. The number of benzene rings is 3. The summed E-state index contributed by atoms with van der Waals surface area (Å²) in [5.41, 5.74) is 8.49. The van der Waals surface area contributed by atoms with Gasteiger partial charge in [0.05, 0.1) is 17.7 Å². The van der Waals surface area contributed by atoms with Crippen LogP contribution in [0.5, 0.6) is 5.75 Å². The van der Waals surface area contributed by atoms with Crippen molar-refractivity contribution in [2.75, 3.05) is 19.7 Å². The Kier molecular flexibility index (Phi) is 8.33. The Bertz CT molecular complexity index is 1580. The summed E-state index contributed by atoms with van der Waals surface area (Å²) in [6, 6.07) is 14.5. The van der Waals surface area contributed by atoms with Crippen LogP contribution in [0.25, 0.3) is 16.5 Å². The Hall–Kier alpha value is -3.55. The minimum absolute atomic E-state index is 0.148. The van der Waals surface area contributed by atoms with E-state index in [4.69, 9.17) is 4.74 Å². The number of hydrogen-bond donors (Lipinski definition) is 2. The lowest BCUT2D eigenvalue weighted by molar-refractivity contribution is 0.0527. The van der Waals surface area contributed by atoms with Gasteiger partial charge in [0, 0.05) is 40.4 Å². The molecule has 7 heteroatoms. The molecule has 0 unspecified atom stereocenters. The van der Waals surface area contributed by atoms with Crippen LogP contribution in [0.3, 0.4) is 0 Å². The third kappa shape index (κ3) is 5.67. The van der Waals surface area contributed by atoms with Crippen LogP contribution in [0.2, 0.25) is 0 Å². The molecular weight excluding hydrogens is 523 g/mol. The highest BCUT2D eigenvalue weighted by molar-refractivity contribution is 7.98. The fourth-order valence-corrected chi connectivity index (χ4v) is 6.78. The highest BCUT2D eigenvalue weighted by Gasteiger charge is 2.26. The van der Waals surface area contributed by atoms with E-state index in [-0.39, 0.29) is 18.2 Å². The number of nitrogens with zero attached hydrogens (tertiary/aromatic N) is 1. The molecule has 4 aromatic rings. The summed E-state index contributed by atoms with van der Waals surface area (Å²) >= 11 is 1.69. The van der Waals surface area contributed by atoms with Crippen molar-refractivity contribution in [3.05, 3.63) is 99.5 Å². The summed E-state index contributed by atoms with van der Waals surface area (Å²) in [5, 5.41) is 15.1. The number of nitrogens with one attached hydrogen (secondary N) is 1. The van der Waals surface area contributed by atoms with Crippen molar-refractivity contribution in [3.63, 3.8) is 0 Å². The average Bonchev–Trinajstić information content (AvgIpc) is 3.21. The quantitative estimate of drug-likeness (QED) is 0.175. The third-order valence-corrected chi connectivity index (χ3v) is 8.74. The molecule has 0 bridgehead atoms. The molecule has 0 saturated heterocycles. The lowest BCUT2D eigenvalue weighted by Crippen LogP contribution is -2.20. The van der Waals surface area contributed by atoms with Gasteiger partial charge in [-0.1, -0.05) is 35.9 Å². The second-order valence-electron chi connectivity index (χ2n) is 10.3. The van der Waals surface area contributed by atoms with E-state index in [2.05, 4.69) is 48.9 Å². The van der Waals surface area contributed by atoms with Crippen LogP contribution < -0.4 is 5.32 Å². The number of thioether (sulfide) groups is 1. The van der Waals surface area contributed by atoms with Gasteiger partial charge >= 0.3 is 5.97 Å². The first-order valence-corrected chi connectivity index (χ1v) is 14.7. The Morgan fingerprint density at radius 3 is 2.48 bits per heavy atom. The molecule has 0 radical (unpaired) electrons. The smallest absolute Gasteiger partial charge is 0.340 e. The van der Waals surface area contributed by atoms with Gasteiger partial charge in [0.1, 0.15) is 11.6 Å². The minimum atomic E-state index is -0.411. The molecule has 1 aliphatic rings. The maximum absolute atomic E-state index is 13.8. The van der Waals surface area contributed by atoms with Gasteiger partial charge < -0.3 is 19.7 Å². The van der Waals surface area contributed by atoms with Crippen LogP contribution in [0, 0.1) is 26.6 Å². The summed E-state index contributed by atoms with van der Waals surface area (Å²) in [4.78, 5) is 14.7. The van der Waals surface area contributed by atoms with Crippen molar-refractivity contribution >= 4 is 34.2 Å². The number of phenolic OH excluding ortho intramolecular Hbond substituents is 1. The molecule has 0 saturated carbocycles. The number of aryl methyl sites for hydroxylation is 3. The van der Waals surface area contributed by atoms with Crippen molar-refractivity contribution in [2.45, 2.75) is 51.3 Å². The third-order valence-electron chi connectivity index (χ3n) is 7.39. The van der Waals surface area contributed by atoms with Crippen LogP contribution in [-0.2, 0) is 17.0 Å². The fraction of sp³-hybridized carbons (Fsp3) is 0.303. The van der Waals surface area contributed by atoms with E-state index < -0.39 is 5.97 Å². The van der Waals surface area contributed by atoms with Gasteiger partial charge in [0.15, 0.2) is 0 Å². The van der Waals surface area contributed by atoms with Crippen molar-refractivity contribution in [2.24, 2.45) is 0 Å². The predicted molar refractivity (Wildman–Crippen MR) is 161 cm³/mol. The van der Waals surface area contributed by atoms with Crippen molar-refractivity contribution in [1.82, 2.24) is 9.88 Å². The highest BCUT2D eigenvalue weighted by atomic mass is 32.2. The molecule has 0 amide bonds. The van der Waals surface area contributed by atoms with Gasteiger partial charge in [-0.15, -0.1) is 11.8 Å². The Morgan fingerprint density at radius 1 is 1.10 bits per heavy atom. The molecule has 5 rings (SSSR count). The monoisotopic (exact) mass is 558 g/mol. The Balaban J connectivity index is 1.71. The second-order valence-corrected chi connectivity index (χ2v) is 11.3.